The molecule has 176 valence electrons. The Morgan fingerprint density at radius 1 is 1.21 bits per heavy atom. The fourth-order valence-electron chi connectivity index (χ4n) is 5.86. The maximum Gasteiger partial charge on any atom is 0.303 e. The van der Waals surface area contributed by atoms with E-state index in [1.807, 2.05) is 6.20 Å². The Kier molecular flexibility index (Phi) is 5.34. The number of nitrogens with one attached hydrogen (secondary N) is 1. The first-order valence-corrected chi connectivity index (χ1v) is 12.1. The summed E-state index contributed by atoms with van der Waals surface area (Å²) in [7, 11) is 0. The molecule has 34 heavy (non-hydrogen) atoms. The van der Waals surface area contributed by atoms with Gasteiger partial charge in [-0.15, -0.1) is 0 Å². The lowest BCUT2D eigenvalue weighted by atomic mass is 9.68. The van der Waals surface area contributed by atoms with E-state index in [0.29, 0.717) is 13.2 Å². The summed E-state index contributed by atoms with van der Waals surface area (Å²) in [6.45, 7) is 1.40. The lowest BCUT2D eigenvalue weighted by Gasteiger charge is -2.37. The topological polar surface area (TPSA) is 80.1 Å². The Bertz CT molecular complexity index is 1400. The van der Waals surface area contributed by atoms with Crippen LogP contribution in [0.2, 0.25) is 5.02 Å². The van der Waals surface area contributed by atoms with Gasteiger partial charge in [0.1, 0.15) is 5.82 Å². The van der Waals surface area contributed by atoms with Gasteiger partial charge in [0.05, 0.1) is 22.3 Å². The molecule has 0 bridgehead atoms. The van der Waals surface area contributed by atoms with Crippen molar-refractivity contribution in [2.75, 3.05) is 13.2 Å². The minimum Gasteiger partial charge on any atom is -0.481 e. The molecule has 4 aromatic rings. The number of hydrogen-bond donors (Lipinski definition) is 2. The number of carbonyl (C=O) groups is 1. The molecule has 3 heterocycles. The number of nitrogens with zero attached hydrogens (tertiary/aromatic N) is 2. The zero-order chi connectivity index (χ0) is 23.4. The Labute approximate surface area is 200 Å². The zero-order valence-electron chi connectivity index (χ0n) is 18.6. The number of aromatic nitrogens is 3. The van der Waals surface area contributed by atoms with Crippen molar-refractivity contribution in [2.24, 2.45) is 5.92 Å². The Balaban J connectivity index is 1.60. The molecule has 2 fully saturated rings. The smallest absolute Gasteiger partial charge is 0.303 e. The van der Waals surface area contributed by atoms with Crippen molar-refractivity contribution in [1.82, 2.24) is 14.8 Å². The first kappa shape index (κ1) is 21.6. The number of fused-ring (bicyclic) bond motifs is 2. The van der Waals surface area contributed by atoms with E-state index >= 15 is 0 Å². The first-order chi connectivity index (χ1) is 16.5. The molecule has 2 aliphatic rings. The number of aromatic amines is 1. The quantitative estimate of drug-likeness (QED) is 0.357. The van der Waals surface area contributed by atoms with Crippen LogP contribution in [0.15, 0.2) is 36.5 Å². The zero-order valence-corrected chi connectivity index (χ0v) is 19.3. The van der Waals surface area contributed by atoms with Gasteiger partial charge in [-0.1, -0.05) is 11.6 Å². The molecule has 0 atom stereocenters. The van der Waals surface area contributed by atoms with E-state index in [9.17, 15) is 14.3 Å². The van der Waals surface area contributed by atoms with Gasteiger partial charge in [0.25, 0.3) is 0 Å². The molecule has 1 aliphatic heterocycles. The lowest BCUT2D eigenvalue weighted by Crippen LogP contribution is -2.26. The number of benzene rings is 2. The molecule has 1 saturated heterocycles. The van der Waals surface area contributed by atoms with E-state index in [1.165, 1.54) is 17.3 Å². The average Bonchev–Trinajstić information content (AvgIpc) is 3.38. The number of aliphatic carboxylic acids is 1. The lowest BCUT2D eigenvalue weighted by molar-refractivity contribution is -0.138. The molecular weight excluding hydrogens is 457 g/mol. The van der Waals surface area contributed by atoms with Gasteiger partial charge in [0, 0.05) is 47.7 Å². The first-order valence-electron chi connectivity index (χ1n) is 11.8. The van der Waals surface area contributed by atoms with Gasteiger partial charge in [-0.2, -0.15) is 5.10 Å². The molecular formula is C26H25ClFN3O3. The molecule has 0 unspecified atom stereocenters. The van der Waals surface area contributed by atoms with Gasteiger partial charge in [0.2, 0.25) is 0 Å². The summed E-state index contributed by atoms with van der Waals surface area (Å²) in [6.07, 6.45) is 5.54. The van der Waals surface area contributed by atoms with Crippen molar-refractivity contribution in [2.45, 2.75) is 43.9 Å². The van der Waals surface area contributed by atoms with Crippen LogP contribution in [0.3, 0.4) is 0 Å². The summed E-state index contributed by atoms with van der Waals surface area (Å²) in [5.74, 6) is -0.421. The van der Waals surface area contributed by atoms with Crippen molar-refractivity contribution in [3.8, 4) is 5.69 Å². The van der Waals surface area contributed by atoms with Gasteiger partial charge >= 0.3 is 5.97 Å². The maximum atomic E-state index is 14.1. The van der Waals surface area contributed by atoms with Gasteiger partial charge < -0.3 is 14.4 Å². The summed E-state index contributed by atoms with van der Waals surface area (Å²) in [5, 5.41) is 18.8. The van der Waals surface area contributed by atoms with Crippen molar-refractivity contribution < 1.29 is 19.0 Å². The van der Waals surface area contributed by atoms with Gasteiger partial charge in [-0.25, -0.2) is 4.39 Å². The van der Waals surface area contributed by atoms with Crippen molar-refractivity contribution in [3.63, 3.8) is 0 Å². The number of H-pyrrole nitrogens is 1. The maximum absolute atomic E-state index is 14.1. The molecule has 8 heteroatoms. The highest BCUT2D eigenvalue weighted by molar-refractivity contribution is 6.30. The second-order valence-electron chi connectivity index (χ2n) is 9.58. The van der Waals surface area contributed by atoms with Gasteiger partial charge in [-0.05, 0) is 73.4 Å². The molecule has 1 aliphatic carbocycles. The Morgan fingerprint density at radius 3 is 2.74 bits per heavy atom. The van der Waals surface area contributed by atoms with E-state index in [-0.39, 0.29) is 29.2 Å². The molecule has 0 spiro atoms. The van der Waals surface area contributed by atoms with E-state index in [4.69, 9.17) is 16.3 Å². The fourth-order valence-corrected chi connectivity index (χ4v) is 6.03. The van der Waals surface area contributed by atoms with E-state index < -0.39 is 11.8 Å². The van der Waals surface area contributed by atoms with Crippen LogP contribution in [0.1, 0.15) is 55.2 Å². The van der Waals surface area contributed by atoms with Gasteiger partial charge in [0.15, 0.2) is 0 Å². The van der Waals surface area contributed by atoms with Crippen LogP contribution < -0.4 is 0 Å². The number of hydrogen-bond acceptors (Lipinski definition) is 3. The molecule has 6 nitrogen and oxygen atoms in total. The van der Waals surface area contributed by atoms with Crippen molar-refractivity contribution in [3.05, 3.63) is 58.6 Å². The van der Waals surface area contributed by atoms with Crippen LogP contribution in [-0.2, 0) is 9.53 Å². The van der Waals surface area contributed by atoms with Crippen molar-refractivity contribution >= 4 is 39.4 Å². The fraction of sp³-hybridized carbons (Fsp3) is 0.385. The molecule has 2 aromatic heterocycles. The summed E-state index contributed by atoms with van der Waals surface area (Å²) in [6, 6.07) is 9.17. The largest absolute Gasteiger partial charge is 0.481 e. The highest BCUT2D eigenvalue weighted by atomic mass is 35.5. The monoisotopic (exact) mass is 481 g/mol. The van der Waals surface area contributed by atoms with Crippen LogP contribution >= 0.6 is 11.6 Å². The summed E-state index contributed by atoms with van der Waals surface area (Å²) in [4.78, 5) is 11.3. The summed E-state index contributed by atoms with van der Waals surface area (Å²) >= 11 is 6.23. The number of carboxylic acid groups (broad SMARTS) is 1. The third kappa shape index (κ3) is 3.58. The number of rotatable bonds is 5. The van der Waals surface area contributed by atoms with Gasteiger partial charge in [-0.3, -0.25) is 9.89 Å². The molecule has 2 aromatic carbocycles. The van der Waals surface area contributed by atoms with E-state index in [1.54, 1.807) is 12.1 Å². The Morgan fingerprint density at radius 2 is 2.00 bits per heavy atom. The summed E-state index contributed by atoms with van der Waals surface area (Å²) < 4.78 is 22.0. The standard InChI is InChI=1S/C26H25ClFN3O3/c27-20-11-18(1-2-21(20)28)31-23-10-17-13-29-30-22(17)12-19(23)25(16-7-14(8-16)9-24(32)33)26(31)15-3-5-34-6-4-15/h1-2,10-16H,3-9H2,(H,29,30)(H,32,33). The average molecular weight is 482 g/mol. The Hall–Kier alpha value is -2.90. The molecule has 0 amide bonds. The predicted molar refractivity (Wildman–Crippen MR) is 128 cm³/mol. The SMILES string of the molecule is O=C(O)CC1CC(c2c(C3CCOCC3)n(-c3ccc(F)c(Cl)c3)c3cc4cn[nH]c4cc23)C1. The van der Waals surface area contributed by atoms with Crippen LogP contribution in [-0.4, -0.2) is 39.1 Å². The molecule has 2 N–H and O–H groups in total. The van der Waals surface area contributed by atoms with E-state index in [0.717, 1.165) is 53.2 Å². The third-order valence-electron chi connectivity index (χ3n) is 7.48. The predicted octanol–water partition coefficient (Wildman–Crippen LogP) is 6.16. The van der Waals surface area contributed by atoms with Crippen LogP contribution in [0.5, 0.6) is 0 Å². The highest BCUT2D eigenvalue weighted by Crippen LogP contribution is 2.51. The highest BCUT2D eigenvalue weighted by Gasteiger charge is 2.38. The molecule has 0 radical (unpaired) electrons. The minimum atomic E-state index is -0.740. The third-order valence-corrected chi connectivity index (χ3v) is 7.77. The molecule has 6 rings (SSSR count). The number of ether oxygens (including phenoxy) is 1. The normalized spacial score (nSPS) is 21.2. The second-order valence-corrected chi connectivity index (χ2v) is 9.99. The van der Waals surface area contributed by atoms with E-state index in [2.05, 4.69) is 26.9 Å². The minimum absolute atomic E-state index is 0.0911. The summed E-state index contributed by atoms with van der Waals surface area (Å²) in [5.41, 5.74) is 5.33. The molecule has 1 saturated carbocycles. The van der Waals surface area contributed by atoms with Crippen molar-refractivity contribution in [1.29, 1.82) is 0 Å². The number of halogens is 2. The van der Waals surface area contributed by atoms with Crippen LogP contribution in [0.25, 0.3) is 27.5 Å². The number of carboxylic acids is 1. The van der Waals surface area contributed by atoms with Crippen LogP contribution in [0.4, 0.5) is 4.39 Å². The second kappa shape index (κ2) is 8.40. The van der Waals surface area contributed by atoms with Crippen LogP contribution in [0, 0.1) is 11.7 Å².